The molecular weight excluding hydrogens is 286 g/mol. The van der Waals surface area contributed by atoms with Gasteiger partial charge in [0.05, 0.1) is 12.6 Å². The standard InChI is InChI=1S/C19H27N3O/c23-15(13-21-11-9-20-10-12-21)14-22-18-7-3-1-5-16(18)17-6-2-4-8-19(17)22/h1,3,5,7,15,20,23H,2,4,6,8-14H2. The molecule has 2 aromatic rings. The normalized spacial score (nSPS) is 20.6. The van der Waals surface area contributed by atoms with Crippen molar-refractivity contribution in [2.45, 2.75) is 38.3 Å². The van der Waals surface area contributed by atoms with Gasteiger partial charge in [-0.05, 0) is 37.3 Å². The van der Waals surface area contributed by atoms with Crippen molar-refractivity contribution in [1.29, 1.82) is 0 Å². The summed E-state index contributed by atoms with van der Waals surface area (Å²) in [5.74, 6) is 0. The molecule has 1 aliphatic heterocycles. The molecule has 0 amide bonds. The topological polar surface area (TPSA) is 40.4 Å². The zero-order chi connectivity index (χ0) is 15.6. The van der Waals surface area contributed by atoms with Crippen LogP contribution in [0.15, 0.2) is 24.3 Å². The number of aliphatic hydroxyl groups excluding tert-OH is 1. The minimum absolute atomic E-state index is 0.296. The molecule has 2 N–H and O–H groups in total. The summed E-state index contributed by atoms with van der Waals surface area (Å²) in [6, 6.07) is 8.72. The fraction of sp³-hybridized carbons (Fsp3) is 0.579. The largest absolute Gasteiger partial charge is 0.390 e. The Kier molecular flexibility index (Phi) is 4.38. The number of para-hydroxylation sites is 1. The van der Waals surface area contributed by atoms with Gasteiger partial charge in [-0.3, -0.25) is 4.90 Å². The molecule has 2 aliphatic rings. The first-order valence-electron chi connectivity index (χ1n) is 9.03. The van der Waals surface area contributed by atoms with Crippen molar-refractivity contribution in [1.82, 2.24) is 14.8 Å². The number of nitrogens with zero attached hydrogens (tertiary/aromatic N) is 2. The molecule has 1 unspecified atom stereocenters. The Morgan fingerprint density at radius 1 is 1.04 bits per heavy atom. The highest BCUT2D eigenvalue weighted by Crippen LogP contribution is 2.32. The molecule has 0 saturated carbocycles. The number of fused-ring (bicyclic) bond motifs is 3. The Bertz CT molecular complexity index is 673. The van der Waals surface area contributed by atoms with Crippen LogP contribution < -0.4 is 5.32 Å². The fourth-order valence-electron chi connectivity index (χ4n) is 4.26. The van der Waals surface area contributed by atoms with E-state index < -0.39 is 0 Å². The van der Waals surface area contributed by atoms with Gasteiger partial charge in [-0.15, -0.1) is 0 Å². The second-order valence-electron chi connectivity index (χ2n) is 6.96. The first-order valence-corrected chi connectivity index (χ1v) is 9.03. The molecule has 1 aromatic carbocycles. The summed E-state index contributed by atoms with van der Waals surface area (Å²) in [5, 5.41) is 15.4. The summed E-state index contributed by atoms with van der Waals surface area (Å²) in [5.41, 5.74) is 4.30. The average molecular weight is 313 g/mol. The Morgan fingerprint density at radius 2 is 1.83 bits per heavy atom. The van der Waals surface area contributed by atoms with E-state index in [0.717, 1.165) is 45.7 Å². The quantitative estimate of drug-likeness (QED) is 0.904. The number of benzene rings is 1. The van der Waals surface area contributed by atoms with Crippen molar-refractivity contribution in [2.75, 3.05) is 32.7 Å². The summed E-state index contributed by atoms with van der Waals surface area (Å²) in [4.78, 5) is 2.37. The molecule has 0 spiro atoms. The monoisotopic (exact) mass is 313 g/mol. The lowest BCUT2D eigenvalue weighted by Crippen LogP contribution is -2.46. The minimum atomic E-state index is -0.296. The Labute approximate surface area is 138 Å². The van der Waals surface area contributed by atoms with Crippen LogP contribution in [0.4, 0.5) is 0 Å². The molecule has 1 saturated heterocycles. The van der Waals surface area contributed by atoms with Gasteiger partial charge in [-0.2, -0.15) is 0 Å². The Balaban J connectivity index is 1.58. The lowest BCUT2D eigenvalue weighted by molar-refractivity contribution is 0.0920. The van der Waals surface area contributed by atoms with Crippen molar-refractivity contribution in [2.24, 2.45) is 0 Å². The maximum absolute atomic E-state index is 10.7. The second-order valence-corrected chi connectivity index (χ2v) is 6.96. The molecule has 4 rings (SSSR count). The van der Waals surface area contributed by atoms with Crippen molar-refractivity contribution in [3.63, 3.8) is 0 Å². The van der Waals surface area contributed by atoms with E-state index in [2.05, 4.69) is 39.0 Å². The molecule has 1 aliphatic carbocycles. The molecule has 124 valence electrons. The molecule has 1 fully saturated rings. The summed E-state index contributed by atoms with van der Waals surface area (Å²) < 4.78 is 2.40. The number of piperazine rings is 1. The number of hydrogen-bond acceptors (Lipinski definition) is 3. The highest BCUT2D eigenvalue weighted by Gasteiger charge is 2.22. The van der Waals surface area contributed by atoms with Crippen LogP contribution in [-0.4, -0.2) is 53.4 Å². The van der Waals surface area contributed by atoms with E-state index in [1.807, 2.05) is 0 Å². The van der Waals surface area contributed by atoms with Gasteiger partial charge >= 0.3 is 0 Å². The van der Waals surface area contributed by atoms with Crippen molar-refractivity contribution < 1.29 is 5.11 Å². The zero-order valence-corrected chi connectivity index (χ0v) is 13.8. The number of nitrogens with one attached hydrogen (secondary N) is 1. The molecule has 1 aromatic heterocycles. The van der Waals surface area contributed by atoms with Gasteiger partial charge in [0, 0.05) is 49.3 Å². The molecule has 0 bridgehead atoms. The van der Waals surface area contributed by atoms with E-state index in [4.69, 9.17) is 0 Å². The number of β-amino-alcohol motifs (C(OH)–C–C–N with tert-alkyl or cyclic N) is 1. The minimum Gasteiger partial charge on any atom is -0.390 e. The van der Waals surface area contributed by atoms with E-state index in [-0.39, 0.29) is 6.10 Å². The van der Waals surface area contributed by atoms with Crippen LogP contribution in [0.2, 0.25) is 0 Å². The second kappa shape index (κ2) is 6.63. The van der Waals surface area contributed by atoms with Crippen molar-refractivity contribution >= 4 is 10.9 Å². The fourth-order valence-corrected chi connectivity index (χ4v) is 4.26. The Hall–Kier alpha value is -1.36. The van der Waals surface area contributed by atoms with E-state index in [9.17, 15) is 5.11 Å². The van der Waals surface area contributed by atoms with Crippen LogP contribution in [0.1, 0.15) is 24.1 Å². The maximum atomic E-state index is 10.7. The predicted molar refractivity (Wildman–Crippen MR) is 93.9 cm³/mol. The van der Waals surface area contributed by atoms with Crippen molar-refractivity contribution in [3.8, 4) is 0 Å². The number of aryl methyl sites for hydroxylation is 1. The van der Waals surface area contributed by atoms with E-state index in [1.165, 1.54) is 41.4 Å². The summed E-state index contributed by atoms with van der Waals surface area (Å²) in [7, 11) is 0. The van der Waals surface area contributed by atoms with Gasteiger partial charge in [0.15, 0.2) is 0 Å². The van der Waals surface area contributed by atoms with E-state index in [0.29, 0.717) is 0 Å². The highest BCUT2D eigenvalue weighted by atomic mass is 16.3. The lowest BCUT2D eigenvalue weighted by Gasteiger charge is -2.29. The van der Waals surface area contributed by atoms with Gasteiger partial charge in [-0.1, -0.05) is 18.2 Å². The molecule has 0 radical (unpaired) electrons. The molecular formula is C19H27N3O. The molecule has 4 heteroatoms. The number of aromatic nitrogens is 1. The van der Waals surface area contributed by atoms with Crippen LogP contribution in [0.3, 0.4) is 0 Å². The van der Waals surface area contributed by atoms with Gasteiger partial charge in [0.2, 0.25) is 0 Å². The zero-order valence-electron chi connectivity index (χ0n) is 13.8. The third-order valence-corrected chi connectivity index (χ3v) is 5.36. The van der Waals surface area contributed by atoms with Crippen LogP contribution in [0, 0.1) is 0 Å². The highest BCUT2D eigenvalue weighted by molar-refractivity contribution is 5.85. The lowest BCUT2D eigenvalue weighted by atomic mass is 9.95. The van der Waals surface area contributed by atoms with Crippen LogP contribution in [0.25, 0.3) is 10.9 Å². The Morgan fingerprint density at radius 3 is 2.70 bits per heavy atom. The molecule has 2 heterocycles. The SMILES string of the molecule is OC(CN1CCNCC1)Cn1c2c(c3ccccc31)CCCC2. The third-order valence-electron chi connectivity index (χ3n) is 5.36. The van der Waals surface area contributed by atoms with E-state index >= 15 is 0 Å². The van der Waals surface area contributed by atoms with E-state index in [1.54, 1.807) is 0 Å². The van der Waals surface area contributed by atoms with Gasteiger partial charge in [0.1, 0.15) is 0 Å². The maximum Gasteiger partial charge on any atom is 0.0845 e. The van der Waals surface area contributed by atoms with Crippen LogP contribution >= 0.6 is 0 Å². The third kappa shape index (κ3) is 3.03. The smallest absolute Gasteiger partial charge is 0.0845 e. The number of rotatable bonds is 4. The molecule has 1 atom stereocenters. The summed E-state index contributed by atoms with van der Waals surface area (Å²) in [6.07, 6.45) is 4.62. The molecule has 23 heavy (non-hydrogen) atoms. The predicted octanol–water partition coefficient (Wildman–Crippen LogP) is 1.79. The summed E-state index contributed by atoms with van der Waals surface area (Å²) in [6.45, 7) is 5.66. The summed E-state index contributed by atoms with van der Waals surface area (Å²) >= 11 is 0. The number of aliphatic hydroxyl groups is 1. The van der Waals surface area contributed by atoms with Gasteiger partial charge in [0.25, 0.3) is 0 Å². The average Bonchev–Trinajstić information content (AvgIpc) is 2.90. The van der Waals surface area contributed by atoms with Gasteiger partial charge < -0.3 is 15.0 Å². The van der Waals surface area contributed by atoms with Crippen LogP contribution in [-0.2, 0) is 19.4 Å². The number of hydrogen-bond donors (Lipinski definition) is 2. The molecule has 4 nitrogen and oxygen atoms in total. The van der Waals surface area contributed by atoms with Crippen molar-refractivity contribution in [3.05, 3.63) is 35.5 Å². The van der Waals surface area contributed by atoms with Gasteiger partial charge in [-0.25, -0.2) is 0 Å². The first kappa shape index (κ1) is 15.2. The first-order chi connectivity index (χ1) is 11.3. The van der Waals surface area contributed by atoms with Crippen LogP contribution in [0.5, 0.6) is 0 Å².